The van der Waals surface area contributed by atoms with Crippen molar-refractivity contribution in [1.82, 2.24) is 9.97 Å². The fourth-order valence-corrected chi connectivity index (χ4v) is 4.40. The topological polar surface area (TPSA) is 63.1 Å². The quantitative estimate of drug-likeness (QED) is 0.536. The first-order chi connectivity index (χ1) is 8.65. The average molecular weight is 301 g/mol. The number of halogens is 1. The molecular weight excluding hydrogens is 292 g/mol. The lowest BCUT2D eigenvalue weighted by Gasteiger charge is -2.00. The normalized spacial score (nSPS) is 14.1. The number of rotatable bonds is 3. The van der Waals surface area contributed by atoms with Crippen molar-refractivity contribution in [2.24, 2.45) is 0 Å². The van der Waals surface area contributed by atoms with Gasteiger partial charge in [-0.25, -0.2) is 9.97 Å². The van der Waals surface area contributed by atoms with E-state index in [4.69, 9.17) is 16.7 Å². The Labute approximate surface area is 116 Å². The summed E-state index contributed by atoms with van der Waals surface area (Å²) in [5.74, 6) is -0.930. The third-order valence-electron chi connectivity index (χ3n) is 2.82. The van der Waals surface area contributed by atoms with Crippen LogP contribution < -0.4 is 0 Å². The van der Waals surface area contributed by atoms with Gasteiger partial charge in [0.1, 0.15) is 9.98 Å². The van der Waals surface area contributed by atoms with Gasteiger partial charge in [0.25, 0.3) is 0 Å². The van der Waals surface area contributed by atoms with Crippen molar-refractivity contribution in [3.63, 3.8) is 0 Å². The van der Waals surface area contributed by atoms with Crippen LogP contribution in [0.4, 0.5) is 0 Å². The van der Waals surface area contributed by atoms with Gasteiger partial charge in [-0.2, -0.15) is 0 Å². The molecule has 2 aromatic rings. The minimum absolute atomic E-state index is 0.0487. The SMILES string of the molecule is O=C(O)CSc1nc(Cl)c2c3c(sc2n1)CCC3. The molecule has 0 amide bonds. The molecule has 0 spiro atoms. The van der Waals surface area contributed by atoms with Crippen LogP contribution in [-0.4, -0.2) is 26.8 Å². The van der Waals surface area contributed by atoms with Gasteiger partial charge >= 0.3 is 5.97 Å². The number of carboxylic acid groups (broad SMARTS) is 1. The zero-order valence-corrected chi connectivity index (χ0v) is 11.7. The van der Waals surface area contributed by atoms with Crippen LogP contribution >= 0.6 is 34.7 Å². The summed E-state index contributed by atoms with van der Waals surface area (Å²) in [4.78, 5) is 21.3. The summed E-state index contributed by atoms with van der Waals surface area (Å²) in [7, 11) is 0. The van der Waals surface area contributed by atoms with Crippen LogP contribution in [0.1, 0.15) is 16.9 Å². The Morgan fingerprint density at radius 3 is 3.06 bits per heavy atom. The first-order valence-corrected chi connectivity index (χ1v) is 7.65. The van der Waals surface area contributed by atoms with Gasteiger partial charge in [-0.3, -0.25) is 4.79 Å². The van der Waals surface area contributed by atoms with Crippen LogP contribution in [0.3, 0.4) is 0 Å². The van der Waals surface area contributed by atoms with Crippen molar-refractivity contribution >= 4 is 50.9 Å². The molecule has 7 heteroatoms. The lowest BCUT2D eigenvalue weighted by Crippen LogP contribution is -1.99. The minimum Gasteiger partial charge on any atom is -0.481 e. The van der Waals surface area contributed by atoms with Crippen molar-refractivity contribution in [3.8, 4) is 0 Å². The lowest BCUT2D eigenvalue weighted by atomic mass is 10.2. The number of carbonyl (C=O) groups is 1. The van der Waals surface area contributed by atoms with Crippen molar-refractivity contribution in [2.75, 3.05) is 5.75 Å². The Morgan fingerprint density at radius 1 is 1.44 bits per heavy atom. The van der Waals surface area contributed by atoms with Crippen LogP contribution in [-0.2, 0) is 17.6 Å². The number of hydrogen-bond donors (Lipinski definition) is 1. The highest BCUT2D eigenvalue weighted by Crippen LogP contribution is 2.39. The molecule has 0 unspecified atom stereocenters. The highest BCUT2D eigenvalue weighted by molar-refractivity contribution is 7.99. The zero-order chi connectivity index (χ0) is 12.7. The van der Waals surface area contributed by atoms with E-state index in [1.165, 1.54) is 16.9 Å². The molecule has 94 valence electrons. The van der Waals surface area contributed by atoms with Crippen molar-refractivity contribution in [3.05, 3.63) is 15.6 Å². The van der Waals surface area contributed by atoms with Gasteiger partial charge in [-0.05, 0) is 24.8 Å². The van der Waals surface area contributed by atoms with Crippen molar-refractivity contribution in [1.29, 1.82) is 0 Å². The maximum absolute atomic E-state index is 10.5. The van der Waals surface area contributed by atoms with Gasteiger partial charge in [0.2, 0.25) is 0 Å². The van der Waals surface area contributed by atoms with E-state index in [9.17, 15) is 4.79 Å². The van der Waals surface area contributed by atoms with E-state index in [0.29, 0.717) is 10.3 Å². The Bertz CT molecular complexity index is 641. The summed E-state index contributed by atoms with van der Waals surface area (Å²) in [6, 6.07) is 0. The van der Waals surface area contributed by atoms with E-state index in [-0.39, 0.29) is 5.75 Å². The molecule has 0 radical (unpaired) electrons. The van der Waals surface area contributed by atoms with Crippen LogP contribution in [0, 0.1) is 0 Å². The van der Waals surface area contributed by atoms with Crippen LogP contribution in [0.15, 0.2) is 5.16 Å². The molecule has 0 fully saturated rings. The number of thioether (sulfide) groups is 1. The molecule has 1 aliphatic carbocycles. The number of fused-ring (bicyclic) bond motifs is 3. The summed E-state index contributed by atoms with van der Waals surface area (Å²) in [5, 5.41) is 10.5. The van der Waals surface area contributed by atoms with Crippen LogP contribution in [0.25, 0.3) is 10.2 Å². The number of thiophene rings is 1. The van der Waals surface area contributed by atoms with E-state index in [0.717, 1.165) is 34.8 Å². The molecule has 18 heavy (non-hydrogen) atoms. The summed E-state index contributed by atoms with van der Waals surface area (Å²) in [6.45, 7) is 0. The number of aryl methyl sites for hydroxylation is 2. The summed E-state index contributed by atoms with van der Waals surface area (Å²) in [5.41, 5.74) is 1.29. The molecule has 1 N–H and O–H groups in total. The Morgan fingerprint density at radius 2 is 2.28 bits per heavy atom. The number of aromatic nitrogens is 2. The zero-order valence-electron chi connectivity index (χ0n) is 9.27. The summed E-state index contributed by atoms with van der Waals surface area (Å²) in [6.07, 6.45) is 3.30. The van der Waals surface area contributed by atoms with Crippen molar-refractivity contribution < 1.29 is 9.90 Å². The van der Waals surface area contributed by atoms with E-state index < -0.39 is 5.97 Å². The molecule has 0 atom stereocenters. The molecule has 0 saturated carbocycles. The predicted molar refractivity (Wildman–Crippen MR) is 72.8 cm³/mol. The van der Waals surface area contributed by atoms with Crippen LogP contribution in [0.5, 0.6) is 0 Å². The van der Waals surface area contributed by atoms with Gasteiger partial charge in [0.05, 0.1) is 11.1 Å². The molecule has 0 aliphatic heterocycles. The molecule has 0 aromatic carbocycles. The number of carboxylic acids is 1. The van der Waals surface area contributed by atoms with E-state index in [1.54, 1.807) is 11.3 Å². The second kappa shape index (κ2) is 4.68. The Balaban J connectivity index is 2.03. The minimum atomic E-state index is -0.881. The van der Waals surface area contributed by atoms with Gasteiger partial charge in [0, 0.05) is 4.88 Å². The third kappa shape index (κ3) is 2.08. The fraction of sp³-hybridized carbons (Fsp3) is 0.364. The largest absolute Gasteiger partial charge is 0.481 e. The monoisotopic (exact) mass is 300 g/mol. The maximum atomic E-state index is 10.5. The highest BCUT2D eigenvalue weighted by atomic mass is 35.5. The average Bonchev–Trinajstić information content (AvgIpc) is 2.85. The van der Waals surface area contributed by atoms with E-state index >= 15 is 0 Å². The first-order valence-electron chi connectivity index (χ1n) is 5.47. The van der Waals surface area contributed by atoms with Crippen LogP contribution in [0.2, 0.25) is 5.15 Å². The van der Waals surface area contributed by atoms with Gasteiger partial charge < -0.3 is 5.11 Å². The molecule has 0 bridgehead atoms. The standard InChI is InChI=1S/C11H9ClN2O2S2/c12-9-8-5-2-1-3-6(5)18-10(8)14-11(13-9)17-4-7(15)16/h1-4H2,(H,15,16). The third-order valence-corrected chi connectivity index (χ3v) is 5.12. The second-order valence-electron chi connectivity index (χ2n) is 4.02. The Hall–Kier alpha value is -0.850. The highest BCUT2D eigenvalue weighted by Gasteiger charge is 2.21. The number of aliphatic carboxylic acids is 1. The van der Waals surface area contributed by atoms with Crippen molar-refractivity contribution in [2.45, 2.75) is 24.4 Å². The molecule has 2 heterocycles. The van der Waals surface area contributed by atoms with E-state index in [2.05, 4.69) is 9.97 Å². The van der Waals surface area contributed by atoms with Gasteiger partial charge in [0.15, 0.2) is 5.16 Å². The molecule has 2 aromatic heterocycles. The molecule has 0 saturated heterocycles. The number of nitrogens with zero attached hydrogens (tertiary/aromatic N) is 2. The van der Waals surface area contributed by atoms with Gasteiger partial charge in [-0.15, -0.1) is 11.3 Å². The molecule has 4 nitrogen and oxygen atoms in total. The predicted octanol–water partition coefficient (Wildman–Crippen LogP) is 3.01. The molecular formula is C11H9ClN2O2S2. The summed E-state index contributed by atoms with van der Waals surface area (Å²) < 4.78 is 0. The summed E-state index contributed by atoms with van der Waals surface area (Å²) >= 11 is 8.95. The lowest BCUT2D eigenvalue weighted by molar-refractivity contribution is -0.133. The fourth-order valence-electron chi connectivity index (χ4n) is 2.12. The molecule has 3 rings (SSSR count). The number of hydrogen-bond acceptors (Lipinski definition) is 5. The smallest absolute Gasteiger partial charge is 0.313 e. The Kier molecular flexibility index (Phi) is 3.17. The first kappa shape index (κ1) is 12.2. The second-order valence-corrected chi connectivity index (χ2v) is 6.40. The van der Waals surface area contributed by atoms with E-state index in [1.807, 2.05) is 0 Å². The molecule has 1 aliphatic rings. The van der Waals surface area contributed by atoms with Gasteiger partial charge in [-0.1, -0.05) is 23.4 Å². The maximum Gasteiger partial charge on any atom is 0.313 e.